The van der Waals surface area contributed by atoms with Gasteiger partial charge >= 0.3 is 11.9 Å². The zero-order chi connectivity index (χ0) is 14.5. The first kappa shape index (κ1) is 13.5. The maximum atomic E-state index is 11.6. The van der Waals surface area contributed by atoms with E-state index in [0.717, 1.165) is 0 Å². The van der Waals surface area contributed by atoms with Crippen LogP contribution in [0.5, 0.6) is 0 Å². The first-order valence-corrected chi connectivity index (χ1v) is 5.50. The van der Waals surface area contributed by atoms with Gasteiger partial charge in [-0.3, -0.25) is 4.98 Å². The van der Waals surface area contributed by atoms with Gasteiger partial charge in [0.15, 0.2) is 5.69 Å². The highest BCUT2D eigenvalue weighted by molar-refractivity contribution is 5.94. The fourth-order valence-corrected chi connectivity index (χ4v) is 1.42. The second-order valence-corrected chi connectivity index (χ2v) is 3.53. The molecule has 2 heterocycles. The van der Waals surface area contributed by atoms with E-state index in [9.17, 15) is 9.59 Å². The molecule has 2 aromatic rings. The molecular formula is C12H10N4O4. The van der Waals surface area contributed by atoms with Gasteiger partial charge < -0.3 is 9.47 Å². The second-order valence-electron chi connectivity index (χ2n) is 3.53. The molecule has 0 spiro atoms. The smallest absolute Gasteiger partial charge is 0.378 e. The Balaban J connectivity index is 2.60. The maximum absolute atomic E-state index is 11.6. The summed E-state index contributed by atoms with van der Waals surface area (Å²) in [6, 6.07) is 5.04. The monoisotopic (exact) mass is 274 g/mol. The summed E-state index contributed by atoms with van der Waals surface area (Å²) < 4.78 is 9.11. The summed E-state index contributed by atoms with van der Waals surface area (Å²) in [5.74, 6) is -1.74. The van der Waals surface area contributed by atoms with Gasteiger partial charge in [-0.1, -0.05) is 6.07 Å². The molecule has 0 atom stereocenters. The number of carbonyl (C=O) groups excluding carboxylic acids is 2. The molecule has 20 heavy (non-hydrogen) atoms. The topological polar surface area (TPSA) is 104 Å². The molecule has 0 N–H and O–H groups in total. The third-order valence-corrected chi connectivity index (χ3v) is 2.34. The molecule has 0 amide bonds. The first-order valence-electron chi connectivity index (χ1n) is 5.50. The predicted molar refractivity (Wildman–Crippen MR) is 65.7 cm³/mol. The van der Waals surface area contributed by atoms with E-state index in [0.29, 0.717) is 5.69 Å². The molecular weight excluding hydrogens is 264 g/mol. The number of rotatable bonds is 3. The fourth-order valence-electron chi connectivity index (χ4n) is 1.42. The van der Waals surface area contributed by atoms with Crippen LogP contribution in [0.3, 0.4) is 0 Å². The predicted octanol–water partition coefficient (Wildman–Crippen LogP) is 0.507. The minimum atomic E-state index is -0.758. The van der Waals surface area contributed by atoms with Crippen LogP contribution in [0.25, 0.3) is 11.4 Å². The second kappa shape index (κ2) is 5.83. The number of hydrogen-bond donors (Lipinski definition) is 0. The number of carbonyl (C=O) groups is 2. The van der Waals surface area contributed by atoms with Crippen LogP contribution in [0.1, 0.15) is 21.1 Å². The van der Waals surface area contributed by atoms with Crippen molar-refractivity contribution in [1.82, 2.24) is 20.2 Å². The molecule has 0 aromatic carbocycles. The molecule has 0 aliphatic rings. The van der Waals surface area contributed by atoms with Crippen LogP contribution < -0.4 is 0 Å². The van der Waals surface area contributed by atoms with Crippen LogP contribution in [0, 0.1) is 0 Å². The standard InChI is InChI=1S/C12H10N4O4/c1-19-11(17)9-8(7-5-3-4-6-13-7)14-10(16-15-9)12(18)20-2/h3-6H,1-2H3. The lowest BCUT2D eigenvalue weighted by atomic mass is 10.2. The van der Waals surface area contributed by atoms with Crippen molar-refractivity contribution in [2.24, 2.45) is 0 Å². The molecule has 0 fully saturated rings. The van der Waals surface area contributed by atoms with Crippen molar-refractivity contribution in [1.29, 1.82) is 0 Å². The molecule has 2 rings (SSSR count). The Hall–Kier alpha value is -2.90. The van der Waals surface area contributed by atoms with Gasteiger partial charge in [-0.05, 0) is 12.1 Å². The van der Waals surface area contributed by atoms with E-state index in [4.69, 9.17) is 0 Å². The lowest BCUT2D eigenvalue weighted by molar-refractivity contribution is 0.0568. The van der Waals surface area contributed by atoms with E-state index in [-0.39, 0.29) is 17.2 Å². The highest BCUT2D eigenvalue weighted by Crippen LogP contribution is 2.17. The van der Waals surface area contributed by atoms with E-state index >= 15 is 0 Å². The third-order valence-electron chi connectivity index (χ3n) is 2.34. The van der Waals surface area contributed by atoms with Gasteiger partial charge in [-0.25, -0.2) is 14.6 Å². The normalized spacial score (nSPS) is 9.90. The number of nitrogens with zero attached hydrogens (tertiary/aromatic N) is 4. The van der Waals surface area contributed by atoms with Crippen molar-refractivity contribution in [3.05, 3.63) is 35.9 Å². The highest BCUT2D eigenvalue weighted by Gasteiger charge is 2.22. The molecule has 0 aliphatic heterocycles. The summed E-state index contributed by atoms with van der Waals surface area (Å²) in [5, 5.41) is 7.21. The molecule has 0 bridgehead atoms. The Morgan fingerprint density at radius 3 is 2.40 bits per heavy atom. The minimum Gasteiger partial charge on any atom is -0.464 e. The molecule has 0 saturated heterocycles. The lowest BCUT2D eigenvalue weighted by Gasteiger charge is -2.06. The van der Waals surface area contributed by atoms with Crippen LogP contribution in [-0.2, 0) is 9.47 Å². The molecule has 8 heteroatoms. The van der Waals surface area contributed by atoms with Gasteiger partial charge in [-0.15, -0.1) is 10.2 Å². The van der Waals surface area contributed by atoms with E-state index in [1.54, 1.807) is 18.2 Å². The van der Waals surface area contributed by atoms with Crippen molar-refractivity contribution in [2.75, 3.05) is 14.2 Å². The van der Waals surface area contributed by atoms with Gasteiger partial charge in [0, 0.05) is 6.20 Å². The molecule has 2 aromatic heterocycles. The number of pyridine rings is 1. The Labute approximate surface area is 113 Å². The highest BCUT2D eigenvalue weighted by atomic mass is 16.5. The number of methoxy groups -OCH3 is 2. The van der Waals surface area contributed by atoms with Crippen molar-refractivity contribution in [3.63, 3.8) is 0 Å². The summed E-state index contributed by atoms with van der Waals surface area (Å²) in [5.41, 5.74) is 0.347. The van der Waals surface area contributed by atoms with Crippen molar-refractivity contribution in [2.45, 2.75) is 0 Å². The van der Waals surface area contributed by atoms with Crippen molar-refractivity contribution < 1.29 is 19.1 Å². The van der Waals surface area contributed by atoms with Crippen molar-refractivity contribution in [3.8, 4) is 11.4 Å². The summed E-state index contributed by atoms with van der Waals surface area (Å²) >= 11 is 0. The molecule has 0 saturated carbocycles. The zero-order valence-corrected chi connectivity index (χ0v) is 10.7. The van der Waals surface area contributed by atoms with Crippen molar-refractivity contribution >= 4 is 11.9 Å². The van der Waals surface area contributed by atoms with Gasteiger partial charge in [0.1, 0.15) is 5.69 Å². The zero-order valence-electron chi connectivity index (χ0n) is 10.7. The molecule has 0 aliphatic carbocycles. The third kappa shape index (κ3) is 2.58. The quantitative estimate of drug-likeness (QED) is 0.745. The number of aromatic nitrogens is 4. The lowest BCUT2D eigenvalue weighted by Crippen LogP contribution is -2.16. The number of hydrogen-bond acceptors (Lipinski definition) is 8. The van der Waals surface area contributed by atoms with E-state index in [1.165, 1.54) is 20.4 Å². The Bertz CT molecular complexity index is 645. The van der Waals surface area contributed by atoms with E-state index in [1.807, 2.05) is 0 Å². The average molecular weight is 274 g/mol. The largest absolute Gasteiger partial charge is 0.464 e. The fraction of sp³-hybridized carbons (Fsp3) is 0.167. The average Bonchev–Trinajstić information content (AvgIpc) is 2.53. The molecule has 102 valence electrons. The van der Waals surface area contributed by atoms with E-state index < -0.39 is 11.9 Å². The van der Waals surface area contributed by atoms with Crippen LogP contribution in [0.2, 0.25) is 0 Å². The Morgan fingerprint density at radius 1 is 1.05 bits per heavy atom. The van der Waals surface area contributed by atoms with Gasteiger partial charge in [0.05, 0.1) is 19.9 Å². The summed E-state index contributed by atoms with van der Waals surface area (Å²) in [7, 11) is 2.40. The summed E-state index contributed by atoms with van der Waals surface area (Å²) in [6.45, 7) is 0. The van der Waals surface area contributed by atoms with Crippen LogP contribution in [-0.4, -0.2) is 46.3 Å². The Morgan fingerprint density at radius 2 is 1.80 bits per heavy atom. The van der Waals surface area contributed by atoms with Crippen LogP contribution in [0.15, 0.2) is 24.4 Å². The number of esters is 2. The summed E-state index contributed by atoms with van der Waals surface area (Å²) in [4.78, 5) is 31.1. The number of ether oxygens (including phenoxy) is 2. The van der Waals surface area contributed by atoms with E-state index in [2.05, 4.69) is 29.6 Å². The van der Waals surface area contributed by atoms with Gasteiger partial charge in [0.25, 0.3) is 5.82 Å². The first-order chi connectivity index (χ1) is 9.67. The molecule has 0 unspecified atom stereocenters. The SMILES string of the molecule is COC(=O)c1nnc(C(=O)OC)c(-c2ccccn2)n1. The minimum absolute atomic E-state index is 0.104. The van der Waals surface area contributed by atoms with Crippen LogP contribution >= 0.6 is 0 Å². The van der Waals surface area contributed by atoms with Gasteiger partial charge in [0.2, 0.25) is 0 Å². The Kier molecular flexibility index (Phi) is 3.94. The molecule has 0 radical (unpaired) electrons. The van der Waals surface area contributed by atoms with Gasteiger partial charge in [-0.2, -0.15) is 0 Å². The van der Waals surface area contributed by atoms with Crippen LogP contribution in [0.4, 0.5) is 0 Å². The summed E-state index contributed by atoms with van der Waals surface area (Å²) in [6.07, 6.45) is 1.52. The maximum Gasteiger partial charge on any atom is 0.378 e. The molecule has 8 nitrogen and oxygen atoms in total.